The third-order valence-corrected chi connectivity index (χ3v) is 5.79. The largest absolute Gasteiger partial charge is 0.481 e. The second-order valence-electron chi connectivity index (χ2n) is 9.86. The number of esters is 2. The van der Waals surface area contributed by atoms with Gasteiger partial charge in [-0.15, -0.1) is 0 Å². The van der Waals surface area contributed by atoms with Crippen LogP contribution in [0.3, 0.4) is 0 Å². The molecule has 0 saturated carbocycles. The fourth-order valence-corrected chi connectivity index (χ4v) is 3.86. The summed E-state index contributed by atoms with van der Waals surface area (Å²) in [5, 5.41) is 3.28. The number of fused-ring (bicyclic) bond motifs is 2. The number of hydrogen-bond donors (Lipinski definition) is 0. The minimum absolute atomic E-state index is 0.189. The Kier molecular flexibility index (Phi) is 9.57. The lowest BCUT2D eigenvalue weighted by Gasteiger charge is -2.19. The van der Waals surface area contributed by atoms with Crippen LogP contribution in [-0.2, 0) is 31.9 Å². The number of carbonyl (C=O) groups excluding carboxylic acids is 2. The summed E-state index contributed by atoms with van der Waals surface area (Å²) in [6.45, 7) is 12.5. The van der Waals surface area contributed by atoms with Crippen LogP contribution in [0.5, 0.6) is 11.5 Å². The summed E-state index contributed by atoms with van der Waals surface area (Å²) >= 11 is 0. The molecule has 0 bridgehead atoms. The van der Waals surface area contributed by atoms with E-state index in [1.54, 1.807) is 0 Å². The lowest BCUT2D eigenvalue weighted by atomic mass is 9.96. The lowest BCUT2D eigenvalue weighted by molar-refractivity contribution is -0.147. The smallest absolute Gasteiger partial charge is 0.344 e. The normalized spacial score (nSPS) is 11.3. The summed E-state index contributed by atoms with van der Waals surface area (Å²) in [4.78, 5) is 24.7. The molecule has 0 aliphatic heterocycles. The van der Waals surface area contributed by atoms with Gasteiger partial charge in [0, 0.05) is 21.5 Å². The molecule has 6 heteroatoms. The number of ether oxygens (including phenoxy) is 4. The van der Waals surface area contributed by atoms with Gasteiger partial charge in [-0.1, -0.05) is 65.8 Å². The molecule has 3 rings (SSSR count). The van der Waals surface area contributed by atoms with Crippen molar-refractivity contribution in [2.45, 2.75) is 54.4 Å². The van der Waals surface area contributed by atoms with Crippen molar-refractivity contribution in [3.63, 3.8) is 0 Å². The van der Waals surface area contributed by atoms with Gasteiger partial charge >= 0.3 is 11.9 Å². The van der Waals surface area contributed by atoms with E-state index in [1.807, 2.05) is 52.0 Å². The van der Waals surface area contributed by atoms with Gasteiger partial charge in [-0.05, 0) is 47.9 Å². The Bertz CT molecular complexity index is 1150. The molecule has 0 fully saturated rings. The molecule has 0 amide bonds. The molecule has 3 aromatic rings. The van der Waals surface area contributed by atoms with Crippen molar-refractivity contribution in [2.75, 3.05) is 26.4 Å². The molecule has 6 nitrogen and oxygen atoms in total. The van der Waals surface area contributed by atoms with Crippen LogP contribution in [0.25, 0.3) is 21.5 Å². The molecule has 36 heavy (non-hydrogen) atoms. The summed E-state index contributed by atoms with van der Waals surface area (Å²) in [6.07, 6.45) is 1.69. The van der Waals surface area contributed by atoms with Crippen LogP contribution < -0.4 is 9.47 Å². The van der Waals surface area contributed by atoms with Crippen LogP contribution in [0.4, 0.5) is 0 Å². The van der Waals surface area contributed by atoms with Crippen molar-refractivity contribution in [1.29, 1.82) is 0 Å². The Morgan fingerprint density at radius 3 is 1.39 bits per heavy atom. The predicted octanol–water partition coefficient (Wildman–Crippen LogP) is 6.27. The number of benzene rings is 3. The maximum absolute atomic E-state index is 12.4. The van der Waals surface area contributed by atoms with E-state index in [-0.39, 0.29) is 25.0 Å². The Balaban J connectivity index is 2.08. The molecule has 0 unspecified atom stereocenters. The van der Waals surface area contributed by atoms with E-state index in [0.29, 0.717) is 24.7 Å². The summed E-state index contributed by atoms with van der Waals surface area (Å²) in [7, 11) is 0. The Morgan fingerprint density at radius 2 is 1.03 bits per heavy atom. The monoisotopic (exact) mass is 494 g/mol. The summed E-state index contributed by atoms with van der Waals surface area (Å²) < 4.78 is 22.9. The fraction of sp³-hybridized carbons (Fsp3) is 0.467. The Morgan fingerprint density at radius 1 is 0.639 bits per heavy atom. The lowest BCUT2D eigenvalue weighted by Crippen LogP contribution is -2.18. The van der Waals surface area contributed by atoms with Gasteiger partial charge in [0.2, 0.25) is 0 Å². The highest BCUT2D eigenvalue weighted by Crippen LogP contribution is 2.43. The third kappa shape index (κ3) is 6.90. The van der Waals surface area contributed by atoms with Crippen LogP contribution >= 0.6 is 0 Å². The van der Waals surface area contributed by atoms with Gasteiger partial charge in [-0.2, -0.15) is 0 Å². The van der Waals surface area contributed by atoms with Crippen LogP contribution in [-0.4, -0.2) is 38.4 Å². The zero-order valence-corrected chi connectivity index (χ0v) is 22.3. The first kappa shape index (κ1) is 27.3. The van der Waals surface area contributed by atoms with Gasteiger partial charge in [-0.25, -0.2) is 9.59 Å². The van der Waals surface area contributed by atoms with E-state index in [0.717, 1.165) is 45.5 Å². The van der Waals surface area contributed by atoms with E-state index < -0.39 is 11.9 Å². The maximum atomic E-state index is 12.4. The van der Waals surface area contributed by atoms with Crippen molar-refractivity contribution in [1.82, 2.24) is 0 Å². The number of aryl methyl sites for hydroxylation is 2. The van der Waals surface area contributed by atoms with E-state index >= 15 is 0 Å². The first-order chi connectivity index (χ1) is 17.2. The number of rotatable bonds is 12. The van der Waals surface area contributed by atoms with Gasteiger partial charge in [0.15, 0.2) is 13.2 Å². The van der Waals surface area contributed by atoms with Crippen LogP contribution in [0.1, 0.15) is 52.7 Å². The molecule has 0 aliphatic carbocycles. The van der Waals surface area contributed by atoms with Gasteiger partial charge in [-0.3, -0.25) is 0 Å². The van der Waals surface area contributed by atoms with Crippen LogP contribution in [0.2, 0.25) is 0 Å². The van der Waals surface area contributed by atoms with E-state index in [4.69, 9.17) is 18.9 Å². The maximum Gasteiger partial charge on any atom is 0.344 e. The first-order valence-electron chi connectivity index (χ1n) is 12.8. The SMILES string of the molecule is CCc1ccc2c(OCC(=O)OCC(C)C)c3ccc(CC)cc3c(OCC(=O)OCC(C)C)c2c1. The van der Waals surface area contributed by atoms with Crippen LogP contribution in [0, 0.1) is 11.8 Å². The fourth-order valence-electron chi connectivity index (χ4n) is 3.86. The molecule has 0 atom stereocenters. The van der Waals surface area contributed by atoms with Gasteiger partial charge < -0.3 is 18.9 Å². The standard InChI is InChI=1S/C30H38O6/c1-7-21-9-11-23-25(13-21)30(36-18-28(32)34-16-20(5)6)26-14-22(8-2)10-12-24(26)29(23)35-17-27(31)33-15-19(3)4/h9-14,19-20H,7-8,15-18H2,1-6H3. The van der Waals surface area contributed by atoms with Gasteiger partial charge in [0.1, 0.15) is 11.5 Å². The summed E-state index contributed by atoms with van der Waals surface area (Å²) in [5.41, 5.74) is 2.26. The van der Waals surface area contributed by atoms with Gasteiger partial charge in [0.05, 0.1) is 13.2 Å². The van der Waals surface area contributed by atoms with Gasteiger partial charge in [0.25, 0.3) is 0 Å². The Labute approximate surface area is 213 Å². The van der Waals surface area contributed by atoms with Crippen molar-refractivity contribution < 1.29 is 28.5 Å². The molecular weight excluding hydrogens is 456 g/mol. The molecule has 0 aliphatic rings. The van der Waals surface area contributed by atoms with Crippen LogP contribution in [0.15, 0.2) is 36.4 Å². The van der Waals surface area contributed by atoms with Crippen molar-refractivity contribution in [3.05, 3.63) is 47.5 Å². The quantitative estimate of drug-likeness (QED) is 0.218. The topological polar surface area (TPSA) is 71.1 Å². The molecule has 0 aromatic heterocycles. The average molecular weight is 495 g/mol. The van der Waals surface area contributed by atoms with E-state index in [1.165, 1.54) is 0 Å². The highest BCUT2D eigenvalue weighted by atomic mass is 16.6. The summed E-state index contributed by atoms with van der Waals surface area (Å²) in [6, 6.07) is 12.2. The molecule has 3 aromatic carbocycles. The van der Waals surface area contributed by atoms with Crippen molar-refractivity contribution >= 4 is 33.5 Å². The minimum atomic E-state index is -0.409. The molecule has 0 radical (unpaired) electrons. The minimum Gasteiger partial charge on any atom is -0.481 e. The number of carbonyl (C=O) groups is 2. The molecule has 0 N–H and O–H groups in total. The van der Waals surface area contributed by atoms with E-state index in [9.17, 15) is 9.59 Å². The average Bonchev–Trinajstić information content (AvgIpc) is 2.87. The van der Waals surface area contributed by atoms with E-state index in [2.05, 4.69) is 26.0 Å². The third-order valence-electron chi connectivity index (χ3n) is 5.79. The molecule has 194 valence electrons. The highest BCUT2D eigenvalue weighted by Gasteiger charge is 2.20. The number of hydrogen-bond acceptors (Lipinski definition) is 6. The molecule has 0 saturated heterocycles. The molecule has 0 spiro atoms. The molecule has 0 heterocycles. The second-order valence-corrected chi connectivity index (χ2v) is 9.86. The van der Waals surface area contributed by atoms with Crippen molar-refractivity contribution in [3.8, 4) is 11.5 Å². The molecular formula is C30H38O6. The summed E-state index contributed by atoms with van der Waals surface area (Å²) in [5.74, 6) is 0.895. The first-order valence-corrected chi connectivity index (χ1v) is 12.8. The second kappa shape index (κ2) is 12.6. The zero-order chi connectivity index (χ0) is 26.2. The highest BCUT2D eigenvalue weighted by molar-refractivity contribution is 6.11. The predicted molar refractivity (Wildman–Crippen MR) is 143 cm³/mol. The Hall–Kier alpha value is -3.28. The van der Waals surface area contributed by atoms with Crippen molar-refractivity contribution in [2.24, 2.45) is 11.8 Å². The zero-order valence-electron chi connectivity index (χ0n) is 22.3.